The van der Waals surface area contributed by atoms with Crippen molar-refractivity contribution in [3.8, 4) is 0 Å². The van der Waals surface area contributed by atoms with E-state index < -0.39 is 0 Å². The predicted molar refractivity (Wildman–Crippen MR) is 120 cm³/mol. The number of aryl methyl sites for hydroxylation is 1. The number of hydrogen-bond donors (Lipinski definition) is 0. The van der Waals surface area contributed by atoms with Crippen LogP contribution in [0.15, 0.2) is 30.3 Å². The molecule has 1 unspecified atom stereocenters. The fourth-order valence-electron chi connectivity index (χ4n) is 3.26. The maximum Gasteiger partial charge on any atom is -0.147 e. The molecule has 0 radical (unpaired) electrons. The van der Waals surface area contributed by atoms with E-state index in [0.29, 0.717) is 15.8 Å². The Labute approximate surface area is 171 Å². The smallest absolute Gasteiger partial charge is 0.147 e. The van der Waals surface area contributed by atoms with Crippen LogP contribution < -0.4 is 0 Å². The SMILES string of the molecule is CCCCCCCCCCCC[AsH]CCCCCc1ccccc1.Cl. The number of rotatable bonds is 17. The Morgan fingerprint density at radius 1 is 0.600 bits per heavy atom. The summed E-state index contributed by atoms with van der Waals surface area (Å²) in [5.41, 5.74) is 1.51. The Bertz CT molecular complexity index is 352. The van der Waals surface area contributed by atoms with Crippen molar-refractivity contribution in [1.29, 1.82) is 0 Å². The summed E-state index contributed by atoms with van der Waals surface area (Å²) in [7, 11) is 0. The third-order valence-electron chi connectivity index (χ3n) is 4.87. The molecule has 0 bridgehead atoms. The van der Waals surface area contributed by atoms with Gasteiger partial charge in [0.15, 0.2) is 0 Å². The summed E-state index contributed by atoms with van der Waals surface area (Å²) in [4.78, 5) is 0. The van der Waals surface area contributed by atoms with E-state index in [2.05, 4.69) is 37.3 Å². The first-order valence-electron chi connectivity index (χ1n) is 10.7. The molecule has 0 fully saturated rings. The van der Waals surface area contributed by atoms with E-state index in [1.54, 1.807) is 10.4 Å². The summed E-state index contributed by atoms with van der Waals surface area (Å²) in [6.45, 7) is 2.30. The van der Waals surface area contributed by atoms with Crippen LogP contribution in [0.2, 0.25) is 10.4 Å². The van der Waals surface area contributed by atoms with Crippen molar-refractivity contribution >= 4 is 28.2 Å². The van der Waals surface area contributed by atoms with Crippen LogP contribution in [0.5, 0.6) is 0 Å². The van der Waals surface area contributed by atoms with Crippen molar-refractivity contribution in [2.45, 2.75) is 107 Å². The molecule has 0 N–H and O–H groups in total. The van der Waals surface area contributed by atoms with Gasteiger partial charge < -0.3 is 0 Å². The van der Waals surface area contributed by atoms with Gasteiger partial charge in [0, 0.05) is 0 Å². The first-order chi connectivity index (χ1) is 11.9. The number of benzene rings is 1. The van der Waals surface area contributed by atoms with Crippen LogP contribution in [0.4, 0.5) is 0 Å². The molecule has 0 aliphatic rings. The van der Waals surface area contributed by atoms with E-state index >= 15 is 0 Å². The molecule has 0 aromatic heterocycles. The molecule has 146 valence electrons. The fraction of sp³-hybridized carbons (Fsp3) is 0.739. The molecular formula is C23H42AsCl. The topological polar surface area (TPSA) is 0 Å². The molecule has 1 aromatic carbocycles. The fourth-order valence-corrected chi connectivity index (χ4v) is 5.89. The maximum atomic E-state index is 2.30. The Hall–Kier alpha value is 0.0684. The van der Waals surface area contributed by atoms with Gasteiger partial charge in [-0.2, -0.15) is 0 Å². The van der Waals surface area contributed by atoms with Gasteiger partial charge >= 0.3 is 159 Å². The van der Waals surface area contributed by atoms with Crippen molar-refractivity contribution < 1.29 is 0 Å². The van der Waals surface area contributed by atoms with E-state index in [1.165, 1.54) is 95.5 Å². The second kappa shape index (κ2) is 20.4. The van der Waals surface area contributed by atoms with Crippen LogP contribution in [0.1, 0.15) is 96.0 Å². The third kappa shape index (κ3) is 17.2. The van der Waals surface area contributed by atoms with Crippen LogP contribution in [-0.2, 0) is 6.42 Å². The molecule has 0 nitrogen and oxygen atoms in total. The average Bonchev–Trinajstić information content (AvgIpc) is 2.62. The second-order valence-electron chi connectivity index (χ2n) is 7.23. The first kappa shape index (κ1) is 25.1. The molecule has 0 aliphatic carbocycles. The van der Waals surface area contributed by atoms with Crippen LogP contribution in [0.3, 0.4) is 0 Å². The second-order valence-corrected chi connectivity index (χ2v) is 10.4. The van der Waals surface area contributed by atoms with Gasteiger partial charge in [-0.15, -0.1) is 12.4 Å². The summed E-state index contributed by atoms with van der Waals surface area (Å²) in [6, 6.07) is 11.0. The van der Waals surface area contributed by atoms with Crippen LogP contribution in [-0.4, -0.2) is 15.8 Å². The van der Waals surface area contributed by atoms with Crippen molar-refractivity contribution in [2.75, 3.05) is 0 Å². The van der Waals surface area contributed by atoms with Gasteiger partial charge in [0.25, 0.3) is 0 Å². The van der Waals surface area contributed by atoms with Crippen molar-refractivity contribution in [3.05, 3.63) is 35.9 Å². The minimum absolute atomic E-state index is 0. The standard InChI is InChI=1S/C23H41As.ClH/c1-2-3-4-5-6-7-8-9-10-16-21-24-22-17-12-15-20-23-18-13-11-14-19-23;/h11,13-14,18-19,24H,2-10,12,15-17,20-22H2,1H3;1H. The normalized spacial score (nSPS) is 11.1. The van der Waals surface area contributed by atoms with E-state index in [4.69, 9.17) is 0 Å². The van der Waals surface area contributed by atoms with Gasteiger partial charge in [0.05, 0.1) is 0 Å². The minimum atomic E-state index is 0. The van der Waals surface area contributed by atoms with Crippen LogP contribution in [0.25, 0.3) is 0 Å². The van der Waals surface area contributed by atoms with Crippen molar-refractivity contribution in [2.24, 2.45) is 0 Å². The number of halogens is 1. The molecule has 1 aromatic rings. The van der Waals surface area contributed by atoms with E-state index in [9.17, 15) is 0 Å². The zero-order chi connectivity index (χ0) is 17.1. The first-order valence-corrected chi connectivity index (χ1v) is 13.6. The molecule has 1 atom stereocenters. The molecule has 0 heterocycles. The summed E-state index contributed by atoms with van der Waals surface area (Å²) in [5, 5.41) is 3.17. The zero-order valence-corrected chi connectivity index (χ0v) is 19.5. The van der Waals surface area contributed by atoms with Gasteiger partial charge in [-0.25, -0.2) is 0 Å². The quantitative estimate of drug-likeness (QED) is 0.174. The molecule has 0 spiro atoms. The molecule has 0 aliphatic heterocycles. The van der Waals surface area contributed by atoms with E-state index in [0.717, 1.165) is 0 Å². The van der Waals surface area contributed by atoms with E-state index in [1.807, 2.05) is 0 Å². The van der Waals surface area contributed by atoms with Gasteiger partial charge in [-0.3, -0.25) is 0 Å². The largest absolute Gasteiger partial charge is 0.147 e. The zero-order valence-electron chi connectivity index (χ0n) is 16.6. The van der Waals surface area contributed by atoms with Crippen molar-refractivity contribution in [3.63, 3.8) is 0 Å². The third-order valence-corrected chi connectivity index (χ3v) is 7.84. The van der Waals surface area contributed by atoms with Crippen LogP contribution in [0, 0.1) is 0 Å². The molecule has 0 saturated heterocycles. The average molecular weight is 429 g/mol. The summed E-state index contributed by atoms with van der Waals surface area (Å²) < 4.78 is 0. The minimum Gasteiger partial charge on any atom is -0.147 e. The molecule has 0 amide bonds. The summed E-state index contributed by atoms with van der Waals surface area (Å²) in [6.07, 6.45) is 20.3. The van der Waals surface area contributed by atoms with Gasteiger partial charge in [-0.05, 0) is 0 Å². The number of unbranched alkanes of at least 4 members (excludes halogenated alkanes) is 11. The maximum absolute atomic E-state index is 2.30. The van der Waals surface area contributed by atoms with Gasteiger partial charge in [0.1, 0.15) is 0 Å². The molecular weight excluding hydrogens is 387 g/mol. The Balaban J connectivity index is 0.00000576. The molecule has 2 heteroatoms. The Morgan fingerprint density at radius 2 is 1.08 bits per heavy atom. The Morgan fingerprint density at radius 3 is 1.64 bits per heavy atom. The van der Waals surface area contributed by atoms with E-state index in [-0.39, 0.29) is 12.4 Å². The number of hydrogen-bond acceptors (Lipinski definition) is 0. The van der Waals surface area contributed by atoms with Gasteiger partial charge in [0.2, 0.25) is 0 Å². The summed E-state index contributed by atoms with van der Waals surface area (Å²) >= 11 is 0.386. The van der Waals surface area contributed by atoms with Gasteiger partial charge in [-0.1, -0.05) is 0 Å². The Kier molecular flexibility index (Phi) is 20.4. The molecule has 1 rings (SSSR count). The monoisotopic (exact) mass is 428 g/mol. The summed E-state index contributed by atoms with van der Waals surface area (Å²) in [5.74, 6) is 0. The van der Waals surface area contributed by atoms with Crippen LogP contribution >= 0.6 is 12.4 Å². The molecule has 25 heavy (non-hydrogen) atoms. The predicted octanol–water partition coefficient (Wildman–Crippen LogP) is 8.02. The molecule has 0 saturated carbocycles. The van der Waals surface area contributed by atoms with Crippen molar-refractivity contribution in [1.82, 2.24) is 0 Å².